The first-order valence-corrected chi connectivity index (χ1v) is 14.4. The minimum Gasteiger partial charge on any atom is -0.299 e. The minimum absolute atomic E-state index is 0.201. The number of nitrogens with zero attached hydrogens (tertiary/aromatic N) is 3. The van der Waals surface area contributed by atoms with Gasteiger partial charge in [0.05, 0.1) is 17.3 Å². The van der Waals surface area contributed by atoms with E-state index in [1.54, 1.807) is 0 Å². The van der Waals surface area contributed by atoms with E-state index in [1.165, 1.54) is 67.0 Å². The molecule has 0 unspecified atom stereocenters. The predicted molar refractivity (Wildman–Crippen MR) is 151 cm³/mol. The molecular formula is C33H39N3O. The lowest BCUT2D eigenvalue weighted by Crippen LogP contribution is -2.32. The van der Waals surface area contributed by atoms with Gasteiger partial charge < -0.3 is 0 Å². The quantitative estimate of drug-likeness (QED) is 0.340. The van der Waals surface area contributed by atoms with Crippen LogP contribution in [0.3, 0.4) is 0 Å². The van der Waals surface area contributed by atoms with Crippen LogP contribution < -0.4 is 0 Å². The maximum Gasteiger partial charge on any atom is 0.189 e. The van der Waals surface area contributed by atoms with Gasteiger partial charge >= 0.3 is 0 Å². The first-order chi connectivity index (χ1) is 18.2. The fraction of sp³-hybridized carbons (Fsp3) is 0.455. The summed E-state index contributed by atoms with van der Waals surface area (Å²) in [6.45, 7) is 5.48. The normalized spacial score (nSPS) is 21.0. The van der Waals surface area contributed by atoms with E-state index in [4.69, 9.17) is 5.10 Å². The fourth-order valence-electron chi connectivity index (χ4n) is 6.58. The molecule has 1 saturated carbocycles. The lowest BCUT2D eigenvalue weighted by atomic mass is 9.95. The van der Waals surface area contributed by atoms with E-state index in [1.807, 2.05) is 0 Å². The number of piperidine rings is 1. The molecule has 6 rings (SSSR count). The number of Topliss-reactive ketones (excluding diaryl/α,β-unsaturated/α-hetero) is 1. The van der Waals surface area contributed by atoms with Gasteiger partial charge in [-0.25, -0.2) is 0 Å². The number of rotatable bonds is 6. The zero-order chi connectivity index (χ0) is 25.2. The standard InChI is InChI=1S/C33H39N3O/c1-2-31-30-22-29-27(21-32(30)36(34-31)28-14-7-4-8-15-28)20-26(33(29)37)13-9-12-24-16-18-35(19-17-24)23-25-10-5-3-6-11-25/h3,5-6,9-13,21-22,24,28H,2,4,7-8,14-20,23H2,1H3/b12-9+,26-13-. The molecular weight excluding hydrogens is 454 g/mol. The first-order valence-electron chi connectivity index (χ1n) is 14.4. The number of hydrogen-bond donors (Lipinski definition) is 0. The molecule has 1 aromatic heterocycles. The highest BCUT2D eigenvalue weighted by Gasteiger charge is 2.28. The molecule has 2 fully saturated rings. The topological polar surface area (TPSA) is 38.1 Å². The Labute approximate surface area is 221 Å². The van der Waals surface area contributed by atoms with E-state index in [0.29, 0.717) is 12.0 Å². The van der Waals surface area contributed by atoms with Gasteiger partial charge in [-0.2, -0.15) is 5.10 Å². The third kappa shape index (κ3) is 5.09. The summed E-state index contributed by atoms with van der Waals surface area (Å²) >= 11 is 0. The number of hydrogen-bond acceptors (Lipinski definition) is 3. The molecule has 1 aliphatic heterocycles. The highest BCUT2D eigenvalue weighted by atomic mass is 16.1. The van der Waals surface area contributed by atoms with E-state index in [-0.39, 0.29) is 5.78 Å². The molecule has 4 nitrogen and oxygen atoms in total. The molecule has 3 aromatic rings. The van der Waals surface area contributed by atoms with Crippen LogP contribution in [0.15, 0.2) is 66.3 Å². The molecule has 0 spiro atoms. The van der Waals surface area contributed by atoms with Crippen molar-refractivity contribution in [3.8, 4) is 0 Å². The Morgan fingerprint density at radius 2 is 1.78 bits per heavy atom. The SMILES string of the molecule is CCc1nn(C2CCCCC2)c2cc3c(cc12)C(=O)/C(=C\C=C\C1CCN(Cc2ccccc2)CC1)C3. The highest BCUT2D eigenvalue weighted by Crippen LogP contribution is 2.36. The third-order valence-corrected chi connectivity index (χ3v) is 8.74. The van der Waals surface area contributed by atoms with Crippen molar-refractivity contribution in [3.05, 3.63) is 88.7 Å². The van der Waals surface area contributed by atoms with E-state index in [2.05, 4.69) is 77.2 Å². The minimum atomic E-state index is 0.201. The summed E-state index contributed by atoms with van der Waals surface area (Å²) in [6, 6.07) is 15.7. The number of carbonyl (C=O) groups is 1. The van der Waals surface area contributed by atoms with Crippen LogP contribution in [0.5, 0.6) is 0 Å². The lowest BCUT2D eigenvalue weighted by Gasteiger charge is -2.30. The van der Waals surface area contributed by atoms with Crippen molar-refractivity contribution in [2.45, 2.75) is 77.3 Å². The summed E-state index contributed by atoms with van der Waals surface area (Å²) in [5.41, 5.74) is 6.74. The second-order valence-electron chi connectivity index (χ2n) is 11.2. The van der Waals surface area contributed by atoms with Gasteiger partial charge in [0.1, 0.15) is 0 Å². The van der Waals surface area contributed by atoms with Crippen LogP contribution in [-0.2, 0) is 19.4 Å². The summed E-state index contributed by atoms with van der Waals surface area (Å²) in [4.78, 5) is 15.9. The average molecular weight is 494 g/mol. The van der Waals surface area contributed by atoms with Crippen LogP contribution in [-0.4, -0.2) is 33.6 Å². The molecule has 0 N–H and O–H groups in total. The Morgan fingerprint density at radius 3 is 2.54 bits per heavy atom. The molecule has 192 valence electrons. The second-order valence-corrected chi connectivity index (χ2v) is 11.2. The lowest BCUT2D eigenvalue weighted by molar-refractivity contribution is 0.103. The summed E-state index contributed by atoms with van der Waals surface area (Å²) < 4.78 is 2.30. The predicted octanol–water partition coefficient (Wildman–Crippen LogP) is 7.24. The number of ketones is 1. The number of allylic oxidation sites excluding steroid dienone is 4. The van der Waals surface area contributed by atoms with Crippen molar-refractivity contribution in [3.63, 3.8) is 0 Å². The van der Waals surface area contributed by atoms with Crippen molar-refractivity contribution in [1.82, 2.24) is 14.7 Å². The Kier molecular flexibility index (Phi) is 7.10. The number of aromatic nitrogens is 2. The second kappa shape index (κ2) is 10.8. The molecule has 0 amide bonds. The van der Waals surface area contributed by atoms with Crippen molar-refractivity contribution in [1.29, 1.82) is 0 Å². The van der Waals surface area contributed by atoms with Crippen LogP contribution >= 0.6 is 0 Å². The number of fused-ring (bicyclic) bond motifs is 2. The molecule has 37 heavy (non-hydrogen) atoms. The van der Waals surface area contributed by atoms with Crippen molar-refractivity contribution in [2.75, 3.05) is 13.1 Å². The molecule has 2 heterocycles. The van der Waals surface area contributed by atoms with Crippen LogP contribution in [0.2, 0.25) is 0 Å². The average Bonchev–Trinajstić information content (AvgIpc) is 3.46. The molecule has 0 atom stereocenters. The molecule has 0 radical (unpaired) electrons. The molecule has 2 aromatic carbocycles. The third-order valence-electron chi connectivity index (χ3n) is 8.74. The number of carbonyl (C=O) groups excluding carboxylic acids is 1. The van der Waals surface area contributed by atoms with E-state index >= 15 is 0 Å². The number of benzene rings is 2. The smallest absolute Gasteiger partial charge is 0.189 e. The van der Waals surface area contributed by atoms with Crippen LogP contribution in [0, 0.1) is 5.92 Å². The Morgan fingerprint density at radius 1 is 1.00 bits per heavy atom. The van der Waals surface area contributed by atoms with Gasteiger partial charge in [0, 0.05) is 29.5 Å². The summed E-state index contributed by atoms with van der Waals surface area (Å²) in [6.07, 6.45) is 16.9. The van der Waals surface area contributed by atoms with Gasteiger partial charge in [0.15, 0.2) is 5.78 Å². The maximum atomic E-state index is 13.3. The van der Waals surface area contributed by atoms with Crippen molar-refractivity contribution < 1.29 is 4.79 Å². The molecule has 4 heteroatoms. The van der Waals surface area contributed by atoms with Gasteiger partial charge in [-0.3, -0.25) is 14.4 Å². The Balaban J connectivity index is 1.13. The molecule has 2 aliphatic carbocycles. The summed E-state index contributed by atoms with van der Waals surface area (Å²) in [5, 5.41) is 6.20. The Hall–Kier alpha value is -2.98. The van der Waals surface area contributed by atoms with Crippen LogP contribution in [0.25, 0.3) is 10.9 Å². The summed E-state index contributed by atoms with van der Waals surface area (Å²) in [7, 11) is 0. The molecule has 0 bridgehead atoms. The van der Waals surface area contributed by atoms with Gasteiger partial charge in [0.2, 0.25) is 0 Å². The Bertz CT molecular complexity index is 1320. The fourth-order valence-corrected chi connectivity index (χ4v) is 6.58. The zero-order valence-electron chi connectivity index (χ0n) is 22.2. The van der Waals surface area contributed by atoms with Gasteiger partial charge in [-0.05, 0) is 74.4 Å². The number of likely N-dealkylation sites (tertiary alicyclic amines) is 1. The van der Waals surface area contributed by atoms with Crippen molar-refractivity contribution >= 4 is 16.7 Å². The molecule has 1 saturated heterocycles. The van der Waals surface area contributed by atoms with Crippen molar-refractivity contribution in [2.24, 2.45) is 5.92 Å². The largest absolute Gasteiger partial charge is 0.299 e. The monoisotopic (exact) mass is 493 g/mol. The van der Waals surface area contributed by atoms with E-state index < -0.39 is 0 Å². The van der Waals surface area contributed by atoms with Gasteiger partial charge in [-0.1, -0.05) is 74.7 Å². The maximum absolute atomic E-state index is 13.3. The highest BCUT2D eigenvalue weighted by molar-refractivity contribution is 6.15. The molecule has 3 aliphatic rings. The summed E-state index contributed by atoms with van der Waals surface area (Å²) in [5.74, 6) is 0.797. The van der Waals surface area contributed by atoms with Crippen LogP contribution in [0.1, 0.15) is 85.1 Å². The van der Waals surface area contributed by atoms with Gasteiger partial charge in [0.25, 0.3) is 0 Å². The van der Waals surface area contributed by atoms with E-state index in [0.717, 1.165) is 49.3 Å². The number of aryl methyl sites for hydroxylation is 1. The van der Waals surface area contributed by atoms with Gasteiger partial charge in [-0.15, -0.1) is 0 Å². The first kappa shape index (κ1) is 24.4. The van der Waals surface area contributed by atoms with Crippen LogP contribution in [0.4, 0.5) is 0 Å². The zero-order valence-corrected chi connectivity index (χ0v) is 22.2. The van der Waals surface area contributed by atoms with E-state index in [9.17, 15) is 4.79 Å².